The van der Waals surface area contributed by atoms with Crippen molar-refractivity contribution in [2.45, 2.75) is 33.2 Å². The normalized spacial score (nSPS) is 10.6. The molecule has 1 aromatic heterocycles. The fourth-order valence-corrected chi connectivity index (χ4v) is 2.33. The van der Waals surface area contributed by atoms with E-state index < -0.39 is 0 Å². The summed E-state index contributed by atoms with van der Waals surface area (Å²) in [6.45, 7) is 4.15. The molecular weight excluding hydrogens is 288 g/mol. The van der Waals surface area contributed by atoms with Crippen LogP contribution in [0.15, 0.2) is 24.3 Å². The molecule has 5 nitrogen and oxygen atoms in total. The van der Waals surface area contributed by atoms with Crippen LogP contribution in [0.1, 0.15) is 25.2 Å². The molecule has 3 N–H and O–H groups in total. The van der Waals surface area contributed by atoms with Crippen LogP contribution in [0, 0.1) is 0 Å². The van der Waals surface area contributed by atoms with Crippen molar-refractivity contribution < 1.29 is 4.79 Å². The number of hydrogen-bond donors (Lipinski definition) is 2. The summed E-state index contributed by atoms with van der Waals surface area (Å²) < 4.78 is 1.68. The summed E-state index contributed by atoms with van der Waals surface area (Å²) in [5.74, 6) is -0.142. The minimum Gasteiger partial charge on any atom is -0.396 e. The third-order valence-electron chi connectivity index (χ3n) is 3.27. The highest BCUT2D eigenvalue weighted by atomic mass is 35.5. The Labute approximate surface area is 129 Å². The first kappa shape index (κ1) is 15.4. The monoisotopic (exact) mass is 306 g/mol. The van der Waals surface area contributed by atoms with Gasteiger partial charge in [0.2, 0.25) is 5.91 Å². The number of anilines is 2. The highest BCUT2D eigenvalue weighted by Gasteiger charge is 2.14. The van der Waals surface area contributed by atoms with E-state index in [9.17, 15) is 4.79 Å². The number of carbonyl (C=O) groups is 1. The van der Waals surface area contributed by atoms with Gasteiger partial charge in [0.1, 0.15) is 6.54 Å². The van der Waals surface area contributed by atoms with Crippen molar-refractivity contribution in [3.63, 3.8) is 0 Å². The average Bonchev–Trinajstić information content (AvgIpc) is 2.76. The number of aryl methyl sites for hydroxylation is 1. The van der Waals surface area contributed by atoms with Crippen LogP contribution in [0.25, 0.3) is 0 Å². The van der Waals surface area contributed by atoms with Crippen molar-refractivity contribution in [2.24, 2.45) is 0 Å². The van der Waals surface area contributed by atoms with Crippen LogP contribution in [0.3, 0.4) is 0 Å². The van der Waals surface area contributed by atoms with Crippen molar-refractivity contribution in [3.05, 3.63) is 40.7 Å². The predicted molar refractivity (Wildman–Crippen MR) is 85.5 cm³/mol. The van der Waals surface area contributed by atoms with E-state index in [1.54, 1.807) is 28.9 Å². The number of nitrogens with two attached hydrogens (primary N) is 1. The lowest BCUT2D eigenvalue weighted by Crippen LogP contribution is -2.21. The van der Waals surface area contributed by atoms with Gasteiger partial charge < -0.3 is 11.1 Å². The van der Waals surface area contributed by atoms with E-state index in [0.717, 1.165) is 24.2 Å². The second kappa shape index (κ2) is 6.63. The Morgan fingerprint density at radius 2 is 1.95 bits per heavy atom. The Morgan fingerprint density at radius 3 is 2.52 bits per heavy atom. The second-order valence-corrected chi connectivity index (χ2v) is 5.16. The van der Waals surface area contributed by atoms with E-state index in [0.29, 0.717) is 16.4 Å². The van der Waals surface area contributed by atoms with E-state index in [1.165, 1.54) is 0 Å². The van der Waals surface area contributed by atoms with Crippen molar-refractivity contribution >= 4 is 28.9 Å². The Balaban J connectivity index is 2.10. The van der Waals surface area contributed by atoms with Gasteiger partial charge in [-0.25, -0.2) is 0 Å². The molecule has 2 aromatic rings. The number of carbonyl (C=O) groups excluding carboxylic acids is 1. The maximum atomic E-state index is 12.1. The number of hydrogen-bond acceptors (Lipinski definition) is 3. The van der Waals surface area contributed by atoms with E-state index in [2.05, 4.69) is 10.4 Å². The van der Waals surface area contributed by atoms with Crippen LogP contribution < -0.4 is 11.1 Å². The molecule has 0 saturated heterocycles. The van der Waals surface area contributed by atoms with Gasteiger partial charge in [-0.05, 0) is 37.1 Å². The zero-order valence-corrected chi connectivity index (χ0v) is 12.9. The lowest BCUT2D eigenvalue weighted by molar-refractivity contribution is -0.116. The third kappa shape index (κ3) is 3.55. The number of benzene rings is 1. The van der Waals surface area contributed by atoms with Crippen LogP contribution in [0.5, 0.6) is 0 Å². The lowest BCUT2D eigenvalue weighted by Gasteiger charge is -2.08. The van der Waals surface area contributed by atoms with Gasteiger partial charge in [0.05, 0.1) is 17.1 Å². The van der Waals surface area contributed by atoms with Gasteiger partial charge in [0.15, 0.2) is 0 Å². The summed E-state index contributed by atoms with van der Waals surface area (Å²) in [4.78, 5) is 12.1. The zero-order valence-electron chi connectivity index (χ0n) is 12.2. The lowest BCUT2D eigenvalue weighted by atomic mass is 10.2. The fraction of sp³-hybridized carbons (Fsp3) is 0.333. The standard InChI is InChI=1S/C15H19ClN4O/c1-3-12-15(17)13(4-2)20(19-12)9-14(21)18-11-7-5-10(16)6-8-11/h5-8H,3-4,9,17H2,1-2H3,(H,18,21). The molecule has 6 heteroatoms. The van der Waals surface area contributed by atoms with Gasteiger partial charge in [-0.3, -0.25) is 9.48 Å². The van der Waals surface area contributed by atoms with E-state index >= 15 is 0 Å². The number of nitrogen functional groups attached to an aromatic ring is 1. The molecule has 1 heterocycles. The molecular formula is C15H19ClN4O. The zero-order chi connectivity index (χ0) is 15.4. The summed E-state index contributed by atoms with van der Waals surface area (Å²) in [7, 11) is 0. The summed E-state index contributed by atoms with van der Waals surface area (Å²) in [6.07, 6.45) is 1.50. The van der Waals surface area contributed by atoms with Crippen molar-refractivity contribution in [3.8, 4) is 0 Å². The molecule has 2 rings (SSSR count). The number of amides is 1. The van der Waals surface area contributed by atoms with Crippen LogP contribution in [-0.2, 0) is 24.2 Å². The number of nitrogens with one attached hydrogen (secondary N) is 1. The molecule has 21 heavy (non-hydrogen) atoms. The second-order valence-electron chi connectivity index (χ2n) is 4.73. The SMILES string of the molecule is CCc1nn(CC(=O)Nc2ccc(Cl)cc2)c(CC)c1N. The summed E-state index contributed by atoms with van der Waals surface area (Å²) in [5, 5.41) is 7.85. The van der Waals surface area contributed by atoms with Crippen LogP contribution >= 0.6 is 11.6 Å². The van der Waals surface area contributed by atoms with E-state index in [-0.39, 0.29) is 12.5 Å². The first-order valence-corrected chi connectivity index (χ1v) is 7.32. The number of aromatic nitrogens is 2. The number of halogens is 1. The largest absolute Gasteiger partial charge is 0.396 e. The number of nitrogens with zero attached hydrogens (tertiary/aromatic N) is 2. The molecule has 0 spiro atoms. The maximum absolute atomic E-state index is 12.1. The van der Waals surface area contributed by atoms with Gasteiger partial charge in [-0.1, -0.05) is 25.4 Å². The van der Waals surface area contributed by atoms with E-state index in [4.69, 9.17) is 17.3 Å². The molecule has 0 radical (unpaired) electrons. The van der Waals surface area contributed by atoms with Crippen LogP contribution in [-0.4, -0.2) is 15.7 Å². The minimum atomic E-state index is -0.142. The summed E-state index contributed by atoms with van der Waals surface area (Å²) >= 11 is 5.81. The van der Waals surface area contributed by atoms with Crippen molar-refractivity contribution in [1.29, 1.82) is 0 Å². The highest BCUT2D eigenvalue weighted by molar-refractivity contribution is 6.30. The fourth-order valence-electron chi connectivity index (χ4n) is 2.20. The Hall–Kier alpha value is -2.01. The first-order chi connectivity index (χ1) is 10.0. The Kier molecular flexibility index (Phi) is 4.85. The maximum Gasteiger partial charge on any atom is 0.246 e. The topological polar surface area (TPSA) is 72.9 Å². The molecule has 112 valence electrons. The van der Waals surface area contributed by atoms with Gasteiger partial charge in [0.25, 0.3) is 0 Å². The Bertz CT molecular complexity index is 634. The van der Waals surface area contributed by atoms with Gasteiger partial charge in [0, 0.05) is 10.7 Å². The first-order valence-electron chi connectivity index (χ1n) is 6.94. The average molecular weight is 307 g/mol. The van der Waals surface area contributed by atoms with E-state index in [1.807, 2.05) is 13.8 Å². The molecule has 0 aliphatic heterocycles. The molecule has 0 aliphatic rings. The Morgan fingerprint density at radius 1 is 1.29 bits per heavy atom. The van der Waals surface area contributed by atoms with Crippen molar-refractivity contribution in [1.82, 2.24) is 9.78 Å². The van der Waals surface area contributed by atoms with Crippen LogP contribution in [0.2, 0.25) is 5.02 Å². The molecule has 0 bridgehead atoms. The molecule has 1 amide bonds. The molecule has 0 unspecified atom stereocenters. The summed E-state index contributed by atoms with van der Waals surface area (Å²) in [6, 6.07) is 6.98. The molecule has 0 aliphatic carbocycles. The predicted octanol–water partition coefficient (Wildman–Crippen LogP) is 2.88. The summed E-state index contributed by atoms with van der Waals surface area (Å²) in [5.41, 5.74) is 9.18. The third-order valence-corrected chi connectivity index (χ3v) is 3.52. The molecule has 0 fully saturated rings. The smallest absolute Gasteiger partial charge is 0.246 e. The highest BCUT2D eigenvalue weighted by Crippen LogP contribution is 2.19. The van der Waals surface area contributed by atoms with Gasteiger partial charge in [-0.15, -0.1) is 0 Å². The van der Waals surface area contributed by atoms with Crippen LogP contribution in [0.4, 0.5) is 11.4 Å². The van der Waals surface area contributed by atoms with Crippen molar-refractivity contribution in [2.75, 3.05) is 11.1 Å². The van der Waals surface area contributed by atoms with Gasteiger partial charge >= 0.3 is 0 Å². The minimum absolute atomic E-state index is 0.142. The number of rotatable bonds is 5. The molecule has 0 atom stereocenters. The van der Waals surface area contributed by atoms with Gasteiger partial charge in [-0.2, -0.15) is 5.10 Å². The quantitative estimate of drug-likeness (QED) is 0.892. The molecule has 0 saturated carbocycles. The molecule has 1 aromatic carbocycles.